The maximum atomic E-state index is 12.4. The molecule has 0 unspecified atom stereocenters. The molecule has 4 aliphatic rings. The largest absolute Gasteiger partial charge is 0.299 e. The molecular weight excluding hydrogens is 344 g/mol. The third kappa shape index (κ3) is 3.23. The number of nitrogens with zero attached hydrogens (tertiary/aromatic N) is 4. The van der Waals surface area contributed by atoms with E-state index in [1.807, 2.05) is 13.1 Å². The van der Waals surface area contributed by atoms with Crippen LogP contribution in [0, 0.1) is 18.8 Å². The standard InChI is InChI=1S/C20H28N4OS/c1-14-8-24-19(25)7-17(21-20(24)26-14)12-22-9-16-5-6-18(13-22)23(11-16)10-15-3-2-4-15/h7-8,15-16,18H,2-6,9-13H2,1H3/t16-,18+/m1/s1. The van der Waals surface area contributed by atoms with Crippen LogP contribution >= 0.6 is 11.3 Å². The van der Waals surface area contributed by atoms with Gasteiger partial charge < -0.3 is 0 Å². The van der Waals surface area contributed by atoms with Crippen molar-refractivity contribution < 1.29 is 0 Å². The molecule has 4 fully saturated rings. The van der Waals surface area contributed by atoms with Crippen molar-refractivity contribution in [2.45, 2.75) is 51.6 Å². The van der Waals surface area contributed by atoms with E-state index in [2.05, 4.69) is 9.80 Å². The molecule has 6 heteroatoms. The molecule has 0 spiro atoms. The number of hydrogen-bond acceptors (Lipinski definition) is 5. The summed E-state index contributed by atoms with van der Waals surface area (Å²) in [7, 11) is 0. The third-order valence-corrected chi connectivity index (χ3v) is 7.44. The number of thiazole rings is 1. The molecule has 3 saturated heterocycles. The van der Waals surface area contributed by atoms with Gasteiger partial charge in [-0.2, -0.15) is 0 Å². The molecule has 0 N–H and O–H groups in total. The minimum atomic E-state index is 0.0544. The molecule has 26 heavy (non-hydrogen) atoms. The van der Waals surface area contributed by atoms with E-state index in [1.165, 1.54) is 45.2 Å². The van der Waals surface area contributed by atoms with Crippen LogP contribution < -0.4 is 5.56 Å². The second kappa shape index (κ2) is 6.73. The number of aromatic nitrogens is 2. The van der Waals surface area contributed by atoms with Crippen molar-refractivity contribution in [3.05, 3.63) is 33.2 Å². The van der Waals surface area contributed by atoms with Crippen molar-refractivity contribution >= 4 is 16.3 Å². The van der Waals surface area contributed by atoms with Crippen LogP contribution in [-0.4, -0.2) is 51.4 Å². The predicted octanol–water partition coefficient (Wildman–Crippen LogP) is 2.76. The van der Waals surface area contributed by atoms with Crippen molar-refractivity contribution in [2.24, 2.45) is 11.8 Å². The molecule has 2 aromatic heterocycles. The highest BCUT2D eigenvalue weighted by atomic mass is 32.1. The Morgan fingerprint density at radius 2 is 2.08 bits per heavy atom. The van der Waals surface area contributed by atoms with Gasteiger partial charge in [0.1, 0.15) is 0 Å². The summed E-state index contributed by atoms with van der Waals surface area (Å²) >= 11 is 1.60. The smallest absolute Gasteiger partial charge is 0.258 e. The van der Waals surface area contributed by atoms with E-state index in [9.17, 15) is 4.79 Å². The second-order valence-corrected chi connectivity index (χ2v) is 9.84. The minimum absolute atomic E-state index is 0.0544. The Morgan fingerprint density at radius 1 is 1.19 bits per heavy atom. The zero-order valence-electron chi connectivity index (χ0n) is 15.6. The fourth-order valence-electron chi connectivity index (χ4n) is 5.00. The van der Waals surface area contributed by atoms with Gasteiger partial charge in [0.05, 0.1) is 5.69 Å². The molecule has 140 valence electrons. The van der Waals surface area contributed by atoms with Gasteiger partial charge >= 0.3 is 0 Å². The molecule has 0 aromatic carbocycles. The van der Waals surface area contributed by atoms with Crippen LogP contribution in [-0.2, 0) is 6.54 Å². The van der Waals surface area contributed by atoms with E-state index in [1.54, 1.807) is 21.8 Å². The normalized spacial score (nSPS) is 27.7. The number of fused-ring (bicyclic) bond motifs is 5. The van der Waals surface area contributed by atoms with Crippen LogP contribution in [0.5, 0.6) is 0 Å². The van der Waals surface area contributed by atoms with Crippen molar-refractivity contribution in [1.82, 2.24) is 19.2 Å². The van der Waals surface area contributed by atoms with Crippen molar-refractivity contribution in [3.8, 4) is 0 Å². The summed E-state index contributed by atoms with van der Waals surface area (Å²) in [5.41, 5.74) is 0.988. The lowest BCUT2D eigenvalue weighted by atomic mass is 9.83. The van der Waals surface area contributed by atoms with Crippen LogP contribution in [0.2, 0.25) is 0 Å². The number of rotatable bonds is 4. The van der Waals surface area contributed by atoms with E-state index in [-0.39, 0.29) is 5.56 Å². The van der Waals surface area contributed by atoms with Gasteiger partial charge in [0.2, 0.25) is 0 Å². The summed E-state index contributed by atoms with van der Waals surface area (Å²) < 4.78 is 1.68. The fraction of sp³-hybridized carbons (Fsp3) is 0.700. The van der Waals surface area contributed by atoms with E-state index >= 15 is 0 Å². The van der Waals surface area contributed by atoms with Gasteiger partial charge in [-0.05, 0) is 44.4 Å². The highest BCUT2D eigenvalue weighted by molar-refractivity contribution is 7.16. The van der Waals surface area contributed by atoms with Gasteiger partial charge in [-0.25, -0.2) is 4.98 Å². The monoisotopic (exact) mass is 372 g/mol. The van der Waals surface area contributed by atoms with Crippen LogP contribution in [0.15, 0.2) is 17.1 Å². The Morgan fingerprint density at radius 3 is 2.88 bits per heavy atom. The Hall–Kier alpha value is -1.24. The Balaban J connectivity index is 1.32. The summed E-state index contributed by atoms with van der Waals surface area (Å²) in [5, 5.41) is 0. The van der Waals surface area contributed by atoms with Crippen molar-refractivity contribution in [2.75, 3.05) is 26.2 Å². The molecule has 2 aromatic rings. The molecule has 0 amide bonds. The zero-order valence-corrected chi connectivity index (χ0v) is 16.4. The summed E-state index contributed by atoms with van der Waals surface area (Å²) in [4.78, 5) is 24.4. The van der Waals surface area contributed by atoms with Crippen LogP contribution in [0.1, 0.15) is 42.7 Å². The zero-order chi connectivity index (χ0) is 17.7. The first-order valence-electron chi connectivity index (χ1n) is 10.1. The highest BCUT2D eigenvalue weighted by Crippen LogP contribution is 2.33. The van der Waals surface area contributed by atoms with E-state index in [0.717, 1.165) is 47.0 Å². The lowest BCUT2D eigenvalue weighted by Crippen LogP contribution is -2.46. The molecule has 6 rings (SSSR count). The average Bonchev–Trinajstić information content (AvgIpc) is 2.73. The van der Waals surface area contributed by atoms with Crippen molar-refractivity contribution in [1.29, 1.82) is 0 Å². The van der Waals surface area contributed by atoms with Crippen LogP contribution in [0.25, 0.3) is 4.96 Å². The minimum Gasteiger partial charge on any atom is -0.299 e. The second-order valence-electron chi connectivity index (χ2n) is 8.62. The molecule has 5 nitrogen and oxygen atoms in total. The van der Waals surface area contributed by atoms with Gasteiger partial charge in [-0.1, -0.05) is 6.42 Å². The molecule has 5 heterocycles. The Bertz CT molecular complexity index is 855. The van der Waals surface area contributed by atoms with Gasteiger partial charge in [0.25, 0.3) is 5.56 Å². The maximum Gasteiger partial charge on any atom is 0.258 e. The van der Waals surface area contributed by atoms with Gasteiger partial charge in [0, 0.05) is 55.9 Å². The highest BCUT2D eigenvalue weighted by Gasteiger charge is 2.36. The molecule has 2 bridgehead atoms. The summed E-state index contributed by atoms with van der Waals surface area (Å²) in [6, 6.07) is 2.43. The first kappa shape index (κ1) is 16.9. The van der Waals surface area contributed by atoms with E-state index < -0.39 is 0 Å². The molecule has 1 saturated carbocycles. The molecule has 3 aliphatic heterocycles. The average molecular weight is 373 g/mol. The van der Waals surface area contributed by atoms with Gasteiger partial charge in [0.15, 0.2) is 4.96 Å². The number of hydrogen-bond donors (Lipinski definition) is 0. The lowest BCUT2D eigenvalue weighted by Gasteiger charge is -2.40. The first-order valence-corrected chi connectivity index (χ1v) is 10.9. The van der Waals surface area contributed by atoms with E-state index in [4.69, 9.17) is 4.98 Å². The Kier molecular flexibility index (Phi) is 4.38. The first-order chi connectivity index (χ1) is 12.6. The Labute approximate surface area is 158 Å². The van der Waals surface area contributed by atoms with Crippen LogP contribution in [0.3, 0.4) is 0 Å². The predicted molar refractivity (Wildman–Crippen MR) is 105 cm³/mol. The summed E-state index contributed by atoms with van der Waals surface area (Å²) in [5.74, 6) is 1.73. The molecule has 2 atom stereocenters. The van der Waals surface area contributed by atoms with Gasteiger partial charge in [-0.3, -0.25) is 19.0 Å². The number of aryl methyl sites for hydroxylation is 1. The summed E-state index contributed by atoms with van der Waals surface area (Å²) in [6.07, 6.45) is 8.90. The van der Waals surface area contributed by atoms with E-state index in [0.29, 0.717) is 6.04 Å². The molecule has 0 radical (unpaired) electrons. The topological polar surface area (TPSA) is 40.9 Å². The molecule has 1 aliphatic carbocycles. The third-order valence-electron chi connectivity index (χ3n) is 6.54. The SMILES string of the molecule is Cc1cn2c(=O)cc(CN3C[C@H]4CC[C@@H](C3)N(CC3CCC3)C4)nc2s1. The van der Waals surface area contributed by atoms with Crippen molar-refractivity contribution in [3.63, 3.8) is 0 Å². The quantitative estimate of drug-likeness (QED) is 0.828. The van der Waals surface area contributed by atoms with Crippen LogP contribution in [0.4, 0.5) is 0 Å². The maximum absolute atomic E-state index is 12.4. The lowest BCUT2D eigenvalue weighted by molar-refractivity contribution is 0.0890. The number of piperidine rings is 1. The fourth-order valence-corrected chi connectivity index (χ4v) is 5.85. The van der Waals surface area contributed by atoms with Gasteiger partial charge in [-0.15, -0.1) is 11.3 Å². The summed E-state index contributed by atoms with van der Waals surface area (Å²) in [6.45, 7) is 7.72. The molecular formula is C20H28N4OS.